The van der Waals surface area contributed by atoms with Crippen molar-refractivity contribution in [3.63, 3.8) is 0 Å². The molecule has 0 radical (unpaired) electrons. The highest BCUT2D eigenvalue weighted by Crippen LogP contribution is 2.40. The number of esters is 1. The van der Waals surface area contributed by atoms with Gasteiger partial charge in [-0.1, -0.05) is 0 Å². The molecule has 0 aliphatic heterocycles. The van der Waals surface area contributed by atoms with Crippen molar-refractivity contribution in [1.82, 2.24) is 0 Å². The highest BCUT2D eigenvalue weighted by atomic mass is 32.2. The van der Waals surface area contributed by atoms with Crippen LogP contribution in [0.25, 0.3) is 0 Å². The Morgan fingerprint density at radius 2 is 2.05 bits per heavy atom. The molecular weight excluding hydrogens is 333 g/mol. The number of hydrogen-bond donors (Lipinski definition) is 0. The molecule has 0 atom stereocenters. The van der Waals surface area contributed by atoms with Crippen LogP contribution < -0.4 is 4.74 Å². The number of ether oxygens (including phenoxy) is 2. The summed E-state index contributed by atoms with van der Waals surface area (Å²) in [6.07, 6.45) is 0. The van der Waals surface area contributed by atoms with Crippen molar-refractivity contribution < 1.29 is 36.2 Å². The van der Waals surface area contributed by atoms with Gasteiger partial charge in [0.25, 0.3) is 0 Å². The van der Waals surface area contributed by atoms with Crippen LogP contribution in [0.4, 0.5) is 22.0 Å². The maximum atomic E-state index is 12.4. The van der Waals surface area contributed by atoms with Crippen LogP contribution in [0.1, 0.15) is 22.8 Å². The summed E-state index contributed by atoms with van der Waals surface area (Å²) in [7, 11) is 0. The number of halogens is 5. The zero-order valence-corrected chi connectivity index (χ0v) is 11.7. The van der Waals surface area contributed by atoms with E-state index < -0.39 is 51.6 Å². The van der Waals surface area contributed by atoms with Crippen molar-refractivity contribution in [3.05, 3.63) is 23.3 Å². The average molecular weight is 341 g/mol. The second-order valence-electron chi connectivity index (χ2n) is 3.60. The Kier molecular flexibility index (Phi) is 5.99. The zero-order valence-electron chi connectivity index (χ0n) is 10.9. The molecule has 120 valence electrons. The minimum atomic E-state index is -4.69. The quantitative estimate of drug-likeness (QED) is 0.461. The molecule has 0 aliphatic rings. The molecule has 0 bridgehead atoms. The zero-order chi connectivity index (χ0) is 16.9. The van der Waals surface area contributed by atoms with E-state index in [9.17, 15) is 26.7 Å². The van der Waals surface area contributed by atoms with E-state index in [1.54, 1.807) is 0 Å². The van der Waals surface area contributed by atoms with E-state index >= 15 is 0 Å². The molecular formula is C12H8F5NO3S. The highest BCUT2D eigenvalue weighted by molar-refractivity contribution is 8.00. The fourth-order valence-corrected chi connectivity index (χ4v) is 2.08. The Labute approximate surface area is 125 Å². The molecule has 0 heterocycles. The van der Waals surface area contributed by atoms with Gasteiger partial charge < -0.3 is 9.47 Å². The predicted octanol–water partition coefficient (Wildman–Crippen LogP) is 3.95. The molecule has 10 heteroatoms. The molecule has 1 aromatic rings. The number of alkyl halides is 5. The third-order valence-electron chi connectivity index (χ3n) is 2.13. The highest BCUT2D eigenvalue weighted by Gasteiger charge is 2.31. The normalized spacial score (nSPS) is 11.2. The number of nitriles is 1. The molecule has 22 heavy (non-hydrogen) atoms. The molecule has 0 spiro atoms. The van der Waals surface area contributed by atoms with E-state index in [0.29, 0.717) is 6.07 Å². The van der Waals surface area contributed by atoms with Crippen LogP contribution in [-0.4, -0.2) is 24.7 Å². The third-order valence-corrected chi connectivity index (χ3v) is 2.83. The Hall–Kier alpha value is -2.02. The summed E-state index contributed by atoms with van der Waals surface area (Å²) in [5.41, 5.74) is -5.89. The number of benzene rings is 1. The van der Waals surface area contributed by atoms with Crippen molar-refractivity contribution >= 4 is 17.7 Å². The fourth-order valence-electron chi connectivity index (χ4n) is 1.47. The Morgan fingerprint density at radius 1 is 1.41 bits per heavy atom. The molecule has 4 nitrogen and oxygen atoms in total. The van der Waals surface area contributed by atoms with Crippen molar-refractivity contribution in [3.8, 4) is 11.8 Å². The first kappa shape index (κ1) is 18.0. The molecule has 0 unspecified atom stereocenters. The molecule has 0 saturated carbocycles. The Balaban J connectivity index is 3.41. The van der Waals surface area contributed by atoms with Gasteiger partial charge in [0, 0.05) is 4.90 Å². The monoisotopic (exact) mass is 341 g/mol. The maximum absolute atomic E-state index is 12.4. The molecule has 0 aliphatic carbocycles. The predicted molar refractivity (Wildman–Crippen MR) is 65.7 cm³/mol. The second-order valence-corrected chi connectivity index (χ2v) is 4.74. The second kappa shape index (κ2) is 7.31. The van der Waals surface area contributed by atoms with Gasteiger partial charge in [-0.3, -0.25) is 0 Å². The summed E-state index contributed by atoms with van der Waals surface area (Å²) in [5, 5.41) is 8.93. The molecule has 1 aromatic carbocycles. The molecule has 0 amide bonds. The van der Waals surface area contributed by atoms with Gasteiger partial charge in [-0.05, 0) is 30.8 Å². The molecule has 0 N–H and O–H groups in total. The number of thioether (sulfide) groups is 1. The average Bonchev–Trinajstić information content (AvgIpc) is 2.35. The van der Waals surface area contributed by atoms with E-state index in [2.05, 4.69) is 9.47 Å². The van der Waals surface area contributed by atoms with Crippen LogP contribution in [0.5, 0.6) is 5.75 Å². The van der Waals surface area contributed by atoms with Crippen LogP contribution in [-0.2, 0) is 4.74 Å². The van der Waals surface area contributed by atoms with Gasteiger partial charge in [0.05, 0.1) is 12.2 Å². The van der Waals surface area contributed by atoms with Crippen molar-refractivity contribution in [1.29, 1.82) is 5.26 Å². The topological polar surface area (TPSA) is 59.3 Å². The first-order valence-electron chi connectivity index (χ1n) is 5.63. The van der Waals surface area contributed by atoms with E-state index in [1.165, 1.54) is 13.0 Å². The summed E-state index contributed by atoms with van der Waals surface area (Å²) < 4.78 is 70.4. The molecule has 0 saturated heterocycles. The van der Waals surface area contributed by atoms with Crippen LogP contribution in [0.15, 0.2) is 17.0 Å². The van der Waals surface area contributed by atoms with Crippen molar-refractivity contribution in [2.24, 2.45) is 0 Å². The summed E-state index contributed by atoms with van der Waals surface area (Å²) in [5.74, 6) is -1.99. The van der Waals surface area contributed by atoms with E-state index in [4.69, 9.17) is 5.26 Å². The number of carbonyl (C=O) groups is 1. The number of carbonyl (C=O) groups excluding carboxylic acids is 1. The summed E-state index contributed by atoms with van der Waals surface area (Å²) in [6.45, 7) is -2.06. The number of nitrogens with zero attached hydrogens (tertiary/aromatic N) is 1. The van der Waals surface area contributed by atoms with Crippen LogP contribution in [0.3, 0.4) is 0 Å². The fraction of sp³-hybridized carbons (Fsp3) is 0.333. The van der Waals surface area contributed by atoms with Crippen LogP contribution in [0.2, 0.25) is 0 Å². The lowest BCUT2D eigenvalue weighted by atomic mass is 10.1. The molecule has 0 aromatic heterocycles. The van der Waals surface area contributed by atoms with E-state index in [-0.39, 0.29) is 6.61 Å². The van der Waals surface area contributed by atoms with Crippen molar-refractivity contribution in [2.45, 2.75) is 23.9 Å². The Bertz CT molecular complexity index is 598. The summed E-state index contributed by atoms with van der Waals surface area (Å²) in [4.78, 5) is 11.1. The minimum Gasteiger partial charge on any atom is -0.462 e. The van der Waals surface area contributed by atoms with Gasteiger partial charge in [-0.15, -0.1) is 0 Å². The maximum Gasteiger partial charge on any atom is 0.446 e. The van der Waals surface area contributed by atoms with Gasteiger partial charge in [0.15, 0.2) is 0 Å². The summed E-state index contributed by atoms with van der Waals surface area (Å²) >= 11 is -0.623. The first-order valence-corrected chi connectivity index (χ1v) is 6.45. The van der Waals surface area contributed by atoms with Crippen LogP contribution >= 0.6 is 11.8 Å². The van der Waals surface area contributed by atoms with Gasteiger partial charge in [-0.25, -0.2) is 4.79 Å². The molecule has 0 fully saturated rings. The molecule has 1 rings (SSSR count). The lowest BCUT2D eigenvalue weighted by Gasteiger charge is -2.14. The Morgan fingerprint density at radius 3 is 2.50 bits per heavy atom. The largest absolute Gasteiger partial charge is 0.462 e. The lowest BCUT2D eigenvalue weighted by molar-refractivity contribution is -0.0506. The number of rotatable bonds is 5. The van der Waals surface area contributed by atoms with Gasteiger partial charge in [0.2, 0.25) is 0 Å². The van der Waals surface area contributed by atoms with Crippen LogP contribution in [0, 0.1) is 11.3 Å². The van der Waals surface area contributed by atoms with Gasteiger partial charge in [0.1, 0.15) is 17.4 Å². The van der Waals surface area contributed by atoms with Gasteiger partial charge >= 0.3 is 18.1 Å². The van der Waals surface area contributed by atoms with Crippen molar-refractivity contribution in [2.75, 3.05) is 6.61 Å². The smallest absolute Gasteiger partial charge is 0.446 e. The lowest BCUT2D eigenvalue weighted by Crippen LogP contribution is -2.13. The summed E-state index contributed by atoms with van der Waals surface area (Å²) in [6, 6.07) is 2.83. The van der Waals surface area contributed by atoms with E-state index in [0.717, 1.165) is 6.07 Å². The number of hydrogen-bond acceptors (Lipinski definition) is 5. The van der Waals surface area contributed by atoms with E-state index in [1.807, 2.05) is 0 Å². The minimum absolute atomic E-state index is 0.114. The standard InChI is InChI=1S/C12H8F5NO3S/c1-2-20-10(19)9-6(5-18)3-7(22-12(15,16)17)4-8(9)21-11(13)14/h3-4,11H,2H2,1H3. The SMILES string of the molecule is CCOC(=O)c1c(C#N)cc(SC(F)(F)F)cc1OC(F)F. The first-order chi connectivity index (χ1) is 10.2. The van der Waals surface area contributed by atoms with Gasteiger partial charge in [-0.2, -0.15) is 27.2 Å². The third kappa shape index (κ3) is 5.07.